The Hall–Kier alpha value is -0.300. The van der Waals surface area contributed by atoms with Gasteiger partial charge in [-0.15, -0.1) is 0 Å². The lowest BCUT2D eigenvalue weighted by Gasteiger charge is -1.76. The van der Waals surface area contributed by atoms with Gasteiger partial charge in [0.1, 0.15) is 0 Å². The minimum Gasteiger partial charge on any atom is -0.323 e. The largest absolute Gasteiger partial charge is 0.323 e. The van der Waals surface area contributed by atoms with Gasteiger partial charge in [0.25, 0.3) is 0 Å². The van der Waals surface area contributed by atoms with Gasteiger partial charge in [0.15, 0.2) is 0 Å². The Morgan fingerprint density at radius 3 is 1.89 bits per heavy atom. The molecule has 0 fully saturated rings. The van der Waals surface area contributed by atoms with Crippen molar-refractivity contribution in [3.05, 3.63) is 12.2 Å². The Bertz CT molecular complexity index is 48.5. The molecular formula is C8H19N. The smallest absolute Gasteiger partial charge is 0.0167 e. The van der Waals surface area contributed by atoms with E-state index < -0.39 is 0 Å². The molecule has 0 bridgehead atoms. The summed E-state index contributed by atoms with van der Waals surface area (Å²) in [7, 11) is 3.75. The summed E-state index contributed by atoms with van der Waals surface area (Å²) < 4.78 is 0. The maximum atomic E-state index is 2.75. The van der Waals surface area contributed by atoms with Crippen LogP contribution in [-0.4, -0.2) is 14.1 Å². The van der Waals surface area contributed by atoms with E-state index in [4.69, 9.17) is 0 Å². The predicted molar refractivity (Wildman–Crippen MR) is 44.7 cm³/mol. The zero-order valence-corrected chi connectivity index (χ0v) is 7.07. The molecule has 56 valence electrons. The van der Waals surface area contributed by atoms with Gasteiger partial charge in [-0.05, 0) is 27.4 Å². The van der Waals surface area contributed by atoms with Crippen LogP contribution >= 0.6 is 0 Å². The molecule has 0 unspecified atom stereocenters. The molecule has 0 atom stereocenters. The highest BCUT2D eigenvalue weighted by molar-refractivity contribution is 4.75. The van der Waals surface area contributed by atoms with E-state index in [0.29, 0.717) is 0 Å². The standard InChI is InChI=1S/C6H12.C2H7N/c1-3-5-6-4-2;1-3-2/h3,5H,4,6H2,1-2H3;3H,1-2H3. The van der Waals surface area contributed by atoms with E-state index in [9.17, 15) is 0 Å². The molecule has 0 radical (unpaired) electrons. The third-order valence-corrected chi connectivity index (χ3v) is 0.691. The van der Waals surface area contributed by atoms with Crippen molar-refractivity contribution in [3.8, 4) is 0 Å². The van der Waals surface area contributed by atoms with Gasteiger partial charge in [0.05, 0.1) is 0 Å². The van der Waals surface area contributed by atoms with Crippen molar-refractivity contribution < 1.29 is 0 Å². The second-order valence-corrected chi connectivity index (χ2v) is 1.86. The van der Waals surface area contributed by atoms with Crippen LogP contribution in [0.1, 0.15) is 26.7 Å². The fourth-order valence-corrected chi connectivity index (χ4v) is 0.333. The summed E-state index contributed by atoms with van der Waals surface area (Å²) in [5.74, 6) is 0. The molecule has 1 heteroatoms. The molecule has 0 rings (SSSR count). The van der Waals surface area contributed by atoms with Gasteiger partial charge in [-0.25, -0.2) is 0 Å². The molecule has 0 spiro atoms. The summed E-state index contributed by atoms with van der Waals surface area (Å²) in [5.41, 5.74) is 0. The minimum atomic E-state index is 1.23. The summed E-state index contributed by atoms with van der Waals surface area (Å²) in [6.07, 6.45) is 6.77. The average molecular weight is 129 g/mol. The third kappa shape index (κ3) is 34.3. The fourth-order valence-electron chi connectivity index (χ4n) is 0.333. The lowest BCUT2D eigenvalue weighted by molar-refractivity contribution is 0.957. The van der Waals surface area contributed by atoms with Crippen LogP contribution in [0.4, 0.5) is 0 Å². The lowest BCUT2D eigenvalue weighted by Crippen LogP contribution is -1.89. The van der Waals surface area contributed by atoms with E-state index in [0.717, 1.165) is 0 Å². The van der Waals surface area contributed by atoms with Crippen molar-refractivity contribution in [2.75, 3.05) is 14.1 Å². The zero-order chi connectivity index (χ0) is 7.54. The molecule has 0 amide bonds. The van der Waals surface area contributed by atoms with Crippen LogP contribution in [0, 0.1) is 0 Å². The Balaban J connectivity index is 0. The Morgan fingerprint density at radius 1 is 1.33 bits per heavy atom. The van der Waals surface area contributed by atoms with Crippen LogP contribution in [0.25, 0.3) is 0 Å². The van der Waals surface area contributed by atoms with Crippen LogP contribution in [0.3, 0.4) is 0 Å². The van der Waals surface area contributed by atoms with Crippen molar-refractivity contribution in [1.82, 2.24) is 5.32 Å². The topological polar surface area (TPSA) is 12.0 Å². The van der Waals surface area contributed by atoms with Crippen molar-refractivity contribution in [3.63, 3.8) is 0 Å². The maximum absolute atomic E-state index is 2.75. The van der Waals surface area contributed by atoms with Gasteiger partial charge >= 0.3 is 0 Å². The normalized spacial score (nSPS) is 8.89. The summed E-state index contributed by atoms with van der Waals surface area (Å²) in [6.45, 7) is 4.23. The number of hydrogen-bond donors (Lipinski definition) is 1. The monoisotopic (exact) mass is 129 g/mol. The Labute approximate surface area is 59.2 Å². The van der Waals surface area contributed by atoms with E-state index in [2.05, 4.69) is 31.3 Å². The molecule has 0 aliphatic heterocycles. The second-order valence-electron chi connectivity index (χ2n) is 1.86. The average Bonchev–Trinajstić information content (AvgIpc) is 1.86. The molecule has 0 aromatic heterocycles. The highest BCUT2D eigenvalue weighted by Crippen LogP contribution is 1.85. The fraction of sp³-hybridized carbons (Fsp3) is 0.750. The molecule has 0 saturated carbocycles. The number of nitrogens with one attached hydrogen (secondary N) is 1. The molecule has 1 N–H and O–H groups in total. The highest BCUT2D eigenvalue weighted by atomic mass is 14.7. The summed E-state index contributed by atoms with van der Waals surface area (Å²) in [4.78, 5) is 0. The van der Waals surface area contributed by atoms with Crippen LogP contribution in [0.2, 0.25) is 0 Å². The first-order valence-corrected chi connectivity index (χ1v) is 3.53. The molecule has 0 saturated heterocycles. The summed E-state index contributed by atoms with van der Waals surface area (Å²) >= 11 is 0. The molecular weight excluding hydrogens is 110 g/mol. The van der Waals surface area contributed by atoms with Crippen LogP contribution in [0.15, 0.2) is 12.2 Å². The van der Waals surface area contributed by atoms with Crippen LogP contribution < -0.4 is 5.32 Å². The van der Waals surface area contributed by atoms with E-state index in [-0.39, 0.29) is 0 Å². The first-order valence-electron chi connectivity index (χ1n) is 3.53. The number of hydrogen-bond acceptors (Lipinski definition) is 1. The van der Waals surface area contributed by atoms with Crippen molar-refractivity contribution in [2.45, 2.75) is 26.7 Å². The Morgan fingerprint density at radius 2 is 1.78 bits per heavy atom. The molecule has 0 aliphatic carbocycles. The first kappa shape index (κ1) is 11.5. The molecule has 0 heterocycles. The van der Waals surface area contributed by atoms with Gasteiger partial charge in [-0.1, -0.05) is 25.5 Å². The number of unbranched alkanes of at least 4 members (excludes halogenated alkanes) is 1. The van der Waals surface area contributed by atoms with E-state index >= 15 is 0 Å². The van der Waals surface area contributed by atoms with Crippen molar-refractivity contribution in [1.29, 1.82) is 0 Å². The minimum absolute atomic E-state index is 1.23. The SMILES string of the molecule is CC=CCCC.CNC. The van der Waals surface area contributed by atoms with Crippen LogP contribution in [-0.2, 0) is 0 Å². The first-order chi connectivity index (χ1) is 4.33. The Kier molecular flexibility index (Phi) is 20.0. The number of allylic oxidation sites excluding steroid dienone is 2. The van der Waals surface area contributed by atoms with E-state index in [1.165, 1.54) is 12.8 Å². The molecule has 1 nitrogen and oxygen atoms in total. The third-order valence-electron chi connectivity index (χ3n) is 0.691. The summed E-state index contributed by atoms with van der Waals surface area (Å²) in [6, 6.07) is 0. The van der Waals surface area contributed by atoms with Crippen LogP contribution in [0.5, 0.6) is 0 Å². The molecule has 0 aliphatic rings. The van der Waals surface area contributed by atoms with Gasteiger partial charge < -0.3 is 5.32 Å². The molecule has 9 heavy (non-hydrogen) atoms. The van der Waals surface area contributed by atoms with Gasteiger partial charge in [-0.3, -0.25) is 0 Å². The highest BCUT2D eigenvalue weighted by Gasteiger charge is 1.64. The van der Waals surface area contributed by atoms with Gasteiger partial charge in [0.2, 0.25) is 0 Å². The molecule has 0 aromatic rings. The van der Waals surface area contributed by atoms with Crippen molar-refractivity contribution >= 4 is 0 Å². The van der Waals surface area contributed by atoms with Gasteiger partial charge in [0, 0.05) is 0 Å². The summed E-state index contributed by atoms with van der Waals surface area (Å²) in [5, 5.41) is 2.75. The second kappa shape index (κ2) is 15.6. The van der Waals surface area contributed by atoms with Crippen molar-refractivity contribution in [2.24, 2.45) is 0 Å². The van der Waals surface area contributed by atoms with Gasteiger partial charge in [-0.2, -0.15) is 0 Å². The predicted octanol–water partition coefficient (Wildman–Crippen LogP) is 2.20. The van der Waals surface area contributed by atoms with E-state index in [1.807, 2.05) is 14.1 Å². The zero-order valence-electron chi connectivity index (χ0n) is 7.07. The molecule has 0 aromatic carbocycles. The quantitative estimate of drug-likeness (QED) is 0.564. The number of rotatable bonds is 2. The van der Waals surface area contributed by atoms with E-state index in [1.54, 1.807) is 0 Å². The maximum Gasteiger partial charge on any atom is -0.0167 e. The lowest BCUT2D eigenvalue weighted by atomic mass is 10.3.